The number of hydrogen-bond donors (Lipinski definition) is 1. The molecule has 1 N–H and O–H groups in total. The molecule has 0 aromatic heterocycles. The highest BCUT2D eigenvalue weighted by molar-refractivity contribution is 4.98. The van der Waals surface area contributed by atoms with E-state index in [1.54, 1.807) is 0 Å². The number of ether oxygens (including phenoxy) is 1. The first-order chi connectivity index (χ1) is 6.78. The largest absolute Gasteiger partial charge is 0.369 e. The molecule has 1 saturated heterocycles. The highest BCUT2D eigenvalue weighted by atomic mass is 16.5. The van der Waals surface area contributed by atoms with Crippen molar-refractivity contribution in [1.82, 2.24) is 5.32 Å². The second-order valence-corrected chi connectivity index (χ2v) is 6.02. The van der Waals surface area contributed by atoms with Crippen LogP contribution in [0.5, 0.6) is 0 Å². The molecule has 1 aliphatic heterocycles. The average Bonchev–Trinajstić information content (AvgIpc) is 2.30. The minimum Gasteiger partial charge on any atom is -0.369 e. The molecule has 15 heavy (non-hydrogen) atoms. The van der Waals surface area contributed by atoms with E-state index in [1.165, 1.54) is 6.42 Å². The molecule has 0 saturated carbocycles. The first-order valence-corrected chi connectivity index (χ1v) is 6.22. The van der Waals surface area contributed by atoms with Crippen molar-refractivity contribution in [3.63, 3.8) is 0 Å². The fraction of sp³-hybridized carbons (Fsp3) is 1.00. The summed E-state index contributed by atoms with van der Waals surface area (Å²) in [6.07, 6.45) is 2.35. The molecular formula is C13H27NO. The summed E-state index contributed by atoms with van der Waals surface area (Å²) in [6.45, 7) is 14.4. The molecule has 0 spiro atoms. The Kier molecular flexibility index (Phi) is 3.83. The maximum Gasteiger partial charge on any atom is 0.0677 e. The first kappa shape index (κ1) is 13.0. The van der Waals surface area contributed by atoms with Crippen molar-refractivity contribution in [2.24, 2.45) is 5.92 Å². The fourth-order valence-corrected chi connectivity index (χ4v) is 2.90. The van der Waals surface area contributed by atoms with Gasteiger partial charge in [0.1, 0.15) is 0 Å². The van der Waals surface area contributed by atoms with Gasteiger partial charge in [-0.05, 0) is 54.0 Å². The zero-order valence-electron chi connectivity index (χ0n) is 11.2. The van der Waals surface area contributed by atoms with Crippen LogP contribution in [0.25, 0.3) is 0 Å². The van der Waals surface area contributed by atoms with Crippen LogP contribution >= 0.6 is 0 Å². The average molecular weight is 213 g/mol. The molecule has 2 heteroatoms. The van der Waals surface area contributed by atoms with Gasteiger partial charge in [0.05, 0.1) is 11.2 Å². The maximum absolute atomic E-state index is 6.11. The van der Waals surface area contributed by atoms with E-state index in [1.807, 2.05) is 0 Å². The van der Waals surface area contributed by atoms with Crippen LogP contribution in [0.3, 0.4) is 0 Å². The van der Waals surface area contributed by atoms with Gasteiger partial charge in [-0.3, -0.25) is 0 Å². The van der Waals surface area contributed by atoms with Crippen molar-refractivity contribution in [2.75, 3.05) is 6.54 Å². The zero-order valence-corrected chi connectivity index (χ0v) is 11.2. The van der Waals surface area contributed by atoms with E-state index < -0.39 is 0 Å². The fourth-order valence-electron chi connectivity index (χ4n) is 2.90. The standard InChI is InChI=1S/C13H27NO/c1-7-8-14-10(2)11-9-12(3,4)15-13(11,5)6/h10-11,14H,7-9H2,1-6H3. The topological polar surface area (TPSA) is 21.3 Å². The lowest BCUT2D eigenvalue weighted by atomic mass is 9.82. The lowest BCUT2D eigenvalue weighted by Gasteiger charge is -2.31. The van der Waals surface area contributed by atoms with Gasteiger partial charge in [0.2, 0.25) is 0 Å². The summed E-state index contributed by atoms with van der Waals surface area (Å²) >= 11 is 0. The molecule has 0 aliphatic carbocycles. The van der Waals surface area contributed by atoms with E-state index in [0.717, 1.165) is 13.0 Å². The molecular weight excluding hydrogens is 186 g/mol. The second kappa shape index (κ2) is 4.42. The molecule has 0 bridgehead atoms. The third-order valence-corrected chi connectivity index (χ3v) is 3.46. The smallest absolute Gasteiger partial charge is 0.0677 e. The summed E-state index contributed by atoms with van der Waals surface area (Å²) in [7, 11) is 0. The van der Waals surface area contributed by atoms with Gasteiger partial charge in [-0.15, -0.1) is 0 Å². The van der Waals surface area contributed by atoms with Gasteiger partial charge in [-0.1, -0.05) is 6.92 Å². The molecule has 1 rings (SSSR count). The van der Waals surface area contributed by atoms with E-state index >= 15 is 0 Å². The summed E-state index contributed by atoms with van der Waals surface area (Å²) in [5.41, 5.74) is 0.0416. The normalized spacial score (nSPS) is 30.4. The Balaban J connectivity index is 2.61. The van der Waals surface area contributed by atoms with E-state index in [4.69, 9.17) is 4.74 Å². The third-order valence-electron chi connectivity index (χ3n) is 3.46. The molecule has 0 radical (unpaired) electrons. The van der Waals surface area contributed by atoms with Crippen molar-refractivity contribution in [2.45, 2.75) is 71.6 Å². The van der Waals surface area contributed by atoms with Crippen molar-refractivity contribution in [3.8, 4) is 0 Å². The van der Waals surface area contributed by atoms with Gasteiger partial charge in [-0.2, -0.15) is 0 Å². The van der Waals surface area contributed by atoms with Gasteiger partial charge >= 0.3 is 0 Å². The highest BCUT2D eigenvalue weighted by Crippen LogP contribution is 2.43. The number of hydrogen-bond acceptors (Lipinski definition) is 2. The van der Waals surface area contributed by atoms with E-state index in [2.05, 4.69) is 46.9 Å². The van der Waals surface area contributed by atoms with Crippen LogP contribution in [0.1, 0.15) is 54.4 Å². The summed E-state index contributed by atoms with van der Waals surface area (Å²) in [4.78, 5) is 0. The molecule has 0 aromatic carbocycles. The van der Waals surface area contributed by atoms with Crippen molar-refractivity contribution >= 4 is 0 Å². The predicted octanol–water partition coefficient (Wildman–Crippen LogP) is 2.97. The Morgan fingerprint density at radius 2 is 1.93 bits per heavy atom. The summed E-state index contributed by atoms with van der Waals surface area (Å²) < 4.78 is 6.11. The lowest BCUT2D eigenvalue weighted by Crippen LogP contribution is -2.42. The quantitative estimate of drug-likeness (QED) is 0.775. The predicted molar refractivity (Wildman–Crippen MR) is 65.1 cm³/mol. The minimum absolute atomic E-state index is 0.00363. The van der Waals surface area contributed by atoms with Crippen LogP contribution < -0.4 is 5.32 Å². The van der Waals surface area contributed by atoms with E-state index in [9.17, 15) is 0 Å². The van der Waals surface area contributed by atoms with E-state index in [0.29, 0.717) is 12.0 Å². The highest BCUT2D eigenvalue weighted by Gasteiger charge is 2.47. The molecule has 1 aliphatic rings. The molecule has 1 heterocycles. The van der Waals surface area contributed by atoms with Crippen LogP contribution in [0.4, 0.5) is 0 Å². The third kappa shape index (κ3) is 3.18. The lowest BCUT2D eigenvalue weighted by molar-refractivity contribution is -0.0770. The molecule has 90 valence electrons. The Hall–Kier alpha value is -0.0800. The summed E-state index contributed by atoms with van der Waals surface area (Å²) in [5.74, 6) is 0.610. The minimum atomic E-state index is 0.00363. The maximum atomic E-state index is 6.11. The zero-order chi connectivity index (χ0) is 11.7. The Labute approximate surface area is 94.8 Å². The van der Waals surface area contributed by atoms with Gasteiger partial charge in [0.15, 0.2) is 0 Å². The van der Waals surface area contributed by atoms with Crippen LogP contribution in [0.2, 0.25) is 0 Å². The van der Waals surface area contributed by atoms with Crippen molar-refractivity contribution in [3.05, 3.63) is 0 Å². The molecule has 0 aromatic rings. The van der Waals surface area contributed by atoms with Crippen LogP contribution in [-0.4, -0.2) is 23.8 Å². The molecule has 1 fully saturated rings. The van der Waals surface area contributed by atoms with Gasteiger partial charge in [-0.25, -0.2) is 0 Å². The van der Waals surface area contributed by atoms with Crippen LogP contribution in [0.15, 0.2) is 0 Å². The summed E-state index contributed by atoms with van der Waals surface area (Å²) in [6, 6.07) is 0.543. The second-order valence-electron chi connectivity index (χ2n) is 6.02. The Morgan fingerprint density at radius 1 is 1.33 bits per heavy atom. The molecule has 2 atom stereocenters. The molecule has 0 amide bonds. The Bertz CT molecular complexity index is 211. The molecule has 2 unspecified atom stereocenters. The van der Waals surface area contributed by atoms with Crippen molar-refractivity contribution in [1.29, 1.82) is 0 Å². The van der Waals surface area contributed by atoms with Crippen LogP contribution in [0, 0.1) is 5.92 Å². The first-order valence-electron chi connectivity index (χ1n) is 6.22. The Morgan fingerprint density at radius 3 is 2.33 bits per heavy atom. The van der Waals surface area contributed by atoms with Crippen LogP contribution in [-0.2, 0) is 4.74 Å². The van der Waals surface area contributed by atoms with Crippen molar-refractivity contribution < 1.29 is 4.74 Å². The van der Waals surface area contributed by atoms with E-state index in [-0.39, 0.29) is 11.2 Å². The molecule has 2 nitrogen and oxygen atoms in total. The monoisotopic (exact) mass is 213 g/mol. The van der Waals surface area contributed by atoms with Gasteiger partial charge < -0.3 is 10.1 Å². The number of nitrogens with one attached hydrogen (secondary N) is 1. The summed E-state index contributed by atoms with van der Waals surface area (Å²) in [5, 5.41) is 3.59. The van der Waals surface area contributed by atoms with Gasteiger partial charge in [0.25, 0.3) is 0 Å². The SMILES string of the molecule is CCCNC(C)C1CC(C)(C)OC1(C)C. The number of rotatable bonds is 4. The van der Waals surface area contributed by atoms with Gasteiger partial charge in [0, 0.05) is 12.0 Å².